The van der Waals surface area contributed by atoms with Crippen molar-refractivity contribution in [2.24, 2.45) is 4.99 Å². The molecule has 0 spiro atoms. The molecule has 0 fully saturated rings. The number of hydrogen-bond acceptors (Lipinski definition) is 3. The van der Waals surface area contributed by atoms with Crippen LogP contribution in [-0.4, -0.2) is 20.5 Å². The maximum Gasteiger partial charge on any atom is 0.159 e. The molecule has 24 heavy (non-hydrogen) atoms. The number of hydrogen-bond donors (Lipinski definition) is 0. The first-order valence-corrected chi connectivity index (χ1v) is 9.16. The molecule has 0 saturated carbocycles. The lowest BCUT2D eigenvalue weighted by Gasteiger charge is -2.15. The van der Waals surface area contributed by atoms with Crippen molar-refractivity contribution in [3.8, 4) is 5.69 Å². The summed E-state index contributed by atoms with van der Waals surface area (Å²) in [4.78, 5) is 4.75. The van der Waals surface area contributed by atoms with Gasteiger partial charge in [0, 0.05) is 16.1 Å². The number of rotatable bonds is 2. The standard InChI is InChI=1S/C17H11BrCl2N4/c18-8-14-22-23-15-9-21-17(10-4-1-2-5-11(10)19)16-12(20)6-3-7-13(16)24(14)15/h1-7H,8-9H2. The predicted octanol–water partition coefficient (Wildman–Crippen LogP) is 4.82. The first-order valence-electron chi connectivity index (χ1n) is 7.28. The first-order chi connectivity index (χ1) is 11.7. The van der Waals surface area contributed by atoms with Crippen LogP contribution in [0.2, 0.25) is 10.0 Å². The molecule has 4 nitrogen and oxygen atoms in total. The Morgan fingerprint density at radius 2 is 1.79 bits per heavy atom. The Labute approximate surface area is 157 Å². The van der Waals surface area contributed by atoms with Gasteiger partial charge >= 0.3 is 0 Å². The van der Waals surface area contributed by atoms with Crippen LogP contribution in [0.5, 0.6) is 0 Å². The molecule has 0 bridgehead atoms. The molecular weight excluding hydrogens is 411 g/mol. The Balaban J connectivity index is 2.04. The molecule has 0 radical (unpaired) electrons. The van der Waals surface area contributed by atoms with Crippen LogP contribution in [0.25, 0.3) is 5.69 Å². The minimum Gasteiger partial charge on any atom is -0.280 e. The third-order valence-electron chi connectivity index (χ3n) is 3.89. The monoisotopic (exact) mass is 420 g/mol. The van der Waals surface area contributed by atoms with Crippen LogP contribution in [0, 0.1) is 0 Å². The second-order valence-corrected chi connectivity index (χ2v) is 6.66. The van der Waals surface area contributed by atoms with Crippen molar-refractivity contribution in [2.45, 2.75) is 11.9 Å². The fraction of sp³-hybridized carbons (Fsp3) is 0.118. The van der Waals surface area contributed by atoms with E-state index in [4.69, 9.17) is 28.2 Å². The van der Waals surface area contributed by atoms with E-state index in [1.54, 1.807) is 0 Å². The lowest BCUT2D eigenvalue weighted by molar-refractivity contribution is 0.860. The summed E-state index contributed by atoms with van der Waals surface area (Å²) in [6, 6.07) is 13.4. The van der Waals surface area contributed by atoms with Gasteiger partial charge in [-0.2, -0.15) is 0 Å². The van der Waals surface area contributed by atoms with Gasteiger partial charge in [-0.05, 0) is 18.2 Å². The molecule has 0 atom stereocenters. The zero-order valence-electron chi connectivity index (χ0n) is 12.4. The summed E-state index contributed by atoms with van der Waals surface area (Å²) in [5, 5.41) is 10.3. The molecular formula is C17H11BrCl2N4. The van der Waals surface area contributed by atoms with E-state index in [0.717, 1.165) is 34.2 Å². The number of benzene rings is 2. The van der Waals surface area contributed by atoms with Gasteiger partial charge in [-0.1, -0.05) is 63.4 Å². The average Bonchev–Trinajstić information content (AvgIpc) is 2.92. The predicted molar refractivity (Wildman–Crippen MR) is 99.8 cm³/mol. The highest BCUT2D eigenvalue weighted by Gasteiger charge is 2.25. The zero-order valence-corrected chi connectivity index (χ0v) is 15.5. The van der Waals surface area contributed by atoms with Gasteiger partial charge in [0.15, 0.2) is 5.82 Å². The molecule has 4 rings (SSSR count). The molecule has 0 aliphatic carbocycles. The topological polar surface area (TPSA) is 43.1 Å². The van der Waals surface area contributed by atoms with Crippen molar-refractivity contribution >= 4 is 44.8 Å². The molecule has 1 aliphatic rings. The maximum atomic E-state index is 6.55. The Hall–Kier alpha value is -1.69. The summed E-state index contributed by atoms with van der Waals surface area (Å²) in [6.07, 6.45) is 0. The van der Waals surface area contributed by atoms with Gasteiger partial charge in [0.25, 0.3) is 0 Å². The quantitative estimate of drug-likeness (QED) is 0.556. The molecule has 0 unspecified atom stereocenters. The van der Waals surface area contributed by atoms with E-state index in [-0.39, 0.29) is 0 Å². The van der Waals surface area contributed by atoms with E-state index in [1.165, 1.54) is 0 Å². The second-order valence-electron chi connectivity index (χ2n) is 5.28. The van der Waals surface area contributed by atoms with Crippen LogP contribution in [-0.2, 0) is 11.9 Å². The van der Waals surface area contributed by atoms with Crippen LogP contribution >= 0.6 is 39.1 Å². The number of alkyl halides is 1. The summed E-state index contributed by atoms with van der Waals surface area (Å²) in [7, 11) is 0. The molecule has 0 N–H and O–H groups in total. The van der Waals surface area contributed by atoms with Crippen molar-refractivity contribution < 1.29 is 0 Å². The molecule has 1 aromatic heterocycles. The largest absolute Gasteiger partial charge is 0.280 e. The normalized spacial score (nSPS) is 13.0. The van der Waals surface area contributed by atoms with Crippen LogP contribution in [0.1, 0.15) is 22.8 Å². The average molecular weight is 422 g/mol. The smallest absolute Gasteiger partial charge is 0.159 e. The molecule has 2 heterocycles. The van der Waals surface area contributed by atoms with Crippen molar-refractivity contribution in [1.82, 2.24) is 14.8 Å². The Morgan fingerprint density at radius 3 is 2.58 bits per heavy atom. The van der Waals surface area contributed by atoms with Gasteiger partial charge in [-0.3, -0.25) is 9.56 Å². The van der Waals surface area contributed by atoms with Crippen molar-refractivity contribution in [2.75, 3.05) is 0 Å². The van der Waals surface area contributed by atoms with Gasteiger partial charge in [0.05, 0.1) is 21.8 Å². The van der Waals surface area contributed by atoms with E-state index in [2.05, 4.69) is 26.1 Å². The second kappa shape index (κ2) is 6.31. The number of halogens is 3. The van der Waals surface area contributed by atoms with Crippen molar-refractivity contribution in [3.63, 3.8) is 0 Å². The molecule has 2 aromatic carbocycles. The fourth-order valence-corrected chi connectivity index (χ4v) is 3.70. The third-order valence-corrected chi connectivity index (χ3v) is 5.04. The zero-order chi connectivity index (χ0) is 16.7. The molecule has 0 amide bonds. The molecule has 120 valence electrons. The summed E-state index contributed by atoms with van der Waals surface area (Å²) in [6.45, 7) is 0.408. The molecule has 0 saturated heterocycles. The summed E-state index contributed by atoms with van der Waals surface area (Å²) in [5.41, 5.74) is 3.38. The van der Waals surface area contributed by atoms with Gasteiger partial charge in [0.2, 0.25) is 0 Å². The van der Waals surface area contributed by atoms with Crippen LogP contribution in [0.4, 0.5) is 0 Å². The lowest BCUT2D eigenvalue weighted by Crippen LogP contribution is -2.10. The van der Waals surface area contributed by atoms with Crippen LogP contribution in [0.15, 0.2) is 47.5 Å². The Kier molecular flexibility index (Phi) is 4.16. The minimum atomic E-state index is 0.408. The highest BCUT2D eigenvalue weighted by Crippen LogP contribution is 2.32. The number of fused-ring (bicyclic) bond motifs is 3. The van der Waals surface area contributed by atoms with Crippen molar-refractivity contribution in [1.29, 1.82) is 0 Å². The van der Waals surface area contributed by atoms with Gasteiger partial charge in [0.1, 0.15) is 12.4 Å². The minimum absolute atomic E-state index is 0.408. The van der Waals surface area contributed by atoms with E-state index >= 15 is 0 Å². The summed E-state index contributed by atoms with van der Waals surface area (Å²) in [5.74, 6) is 1.58. The van der Waals surface area contributed by atoms with Gasteiger partial charge < -0.3 is 0 Å². The lowest BCUT2D eigenvalue weighted by atomic mass is 10.00. The number of aliphatic imine (C=N–C) groups is 1. The van der Waals surface area contributed by atoms with Gasteiger partial charge in [-0.25, -0.2) is 0 Å². The van der Waals surface area contributed by atoms with Crippen LogP contribution < -0.4 is 0 Å². The Bertz CT molecular complexity index is 965. The van der Waals surface area contributed by atoms with E-state index < -0.39 is 0 Å². The first kappa shape index (κ1) is 15.8. The van der Waals surface area contributed by atoms with E-state index in [9.17, 15) is 0 Å². The van der Waals surface area contributed by atoms with Crippen LogP contribution in [0.3, 0.4) is 0 Å². The molecule has 3 aromatic rings. The van der Waals surface area contributed by atoms with E-state index in [1.807, 2.05) is 47.0 Å². The molecule has 7 heteroatoms. The molecule has 1 aliphatic heterocycles. The highest BCUT2D eigenvalue weighted by molar-refractivity contribution is 9.08. The fourth-order valence-electron chi connectivity index (χ4n) is 2.86. The number of nitrogens with zero attached hydrogens (tertiary/aromatic N) is 4. The third kappa shape index (κ3) is 2.48. The van der Waals surface area contributed by atoms with Gasteiger partial charge in [-0.15, -0.1) is 10.2 Å². The Morgan fingerprint density at radius 1 is 1.00 bits per heavy atom. The number of aromatic nitrogens is 3. The SMILES string of the molecule is Clc1ccccc1C1=NCc2nnc(CBr)n2-c2cccc(Cl)c21. The highest BCUT2D eigenvalue weighted by atomic mass is 79.9. The summed E-state index contributed by atoms with van der Waals surface area (Å²) < 4.78 is 2.00. The maximum absolute atomic E-state index is 6.55. The summed E-state index contributed by atoms with van der Waals surface area (Å²) >= 11 is 16.4. The van der Waals surface area contributed by atoms with Crippen molar-refractivity contribution in [3.05, 3.63) is 75.3 Å². The van der Waals surface area contributed by atoms with E-state index in [0.29, 0.717) is 21.9 Å².